The zero-order valence-corrected chi connectivity index (χ0v) is 29.3. The predicted octanol–water partition coefficient (Wildman–Crippen LogP) is 11.0. The molecule has 0 aliphatic heterocycles. The van der Waals surface area contributed by atoms with E-state index in [9.17, 15) is 0 Å². The van der Waals surface area contributed by atoms with E-state index >= 15 is 0 Å². The fraction of sp³-hybridized carbons (Fsp3) is 0.0870. The maximum atomic E-state index is 6.42. The molecule has 2 heterocycles. The molecule has 8 nitrogen and oxygen atoms in total. The van der Waals surface area contributed by atoms with E-state index < -0.39 is 0 Å². The van der Waals surface area contributed by atoms with Crippen LogP contribution in [0.15, 0.2) is 179 Å². The second kappa shape index (κ2) is 16.5. The summed E-state index contributed by atoms with van der Waals surface area (Å²) in [6, 6.07) is 51.4. The third-order valence-corrected chi connectivity index (χ3v) is 8.61. The molecule has 0 atom stereocenters. The number of ether oxygens (including phenoxy) is 4. The average Bonchev–Trinajstić information content (AvgIpc) is 3.93. The minimum atomic E-state index is 0.212. The van der Waals surface area contributed by atoms with Crippen molar-refractivity contribution in [1.29, 1.82) is 0 Å². The maximum Gasteiger partial charge on any atom is 0.284 e. The molecular formula is C46H36N2O6. The first-order valence-corrected chi connectivity index (χ1v) is 17.6. The summed E-state index contributed by atoms with van der Waals surface area (Å²) in [5, 5.41) is 0. The van der Waals surface area contributed by atoms with Gasteiger partial charge >= 0.3 is 0 Å². The Kier molecular flexibility index (Phi) is 10.4. The van der Waals surface area contributed by atoms with Crippen molar-refractivity contribution >= 4 is 0 Å². The molecule has 2 aromatic heterocycles. The minimum Gasteiger partial charge on any atom is -0.485 e. The quantitative estimate of drug-likeness (QED) is 0.104. The van der Waals surface area contributed by atoms with Crippen LogP contribution in [-0.4, -0.2) is 9.97 Å². The topological polar surface area (TPSA) is 89.0 Å². The molecule has 0 N–H and O–H groups in total. The molecule has 266 valence electrons. The molecule has 54 heavy (non-hydrogen) atoms. The van der Waals surface area contributed by atoms with E-state index in [4.69, 9.17) is 27.8 Å². The average molecular weight is 713 g/mol. The van der Waals surface area contributed by atoms with Gasteiger partial charge in [-0.15, -0.1) is 0 Å². The minimum absolute atomic E-state index is 0.212. The van der Waals surface area contributed by atoms with Gasteiger partial charge in [0.15, 0.2) is 34.5 Å². The smallest absolute Gasteiger partial charge is 0.284 e. The van der Waals surface area contributed by atoms with Gasteiger partial charge in [0.1, 0.15) is 26.4 Å². The molecule has 6 aromatic carbocycles. The molecule has 0 radical (unpaired) electrons. The molecule has 0 aliphatic rings. The molecular weight excluding hydrogens is 677 g/mol. The van der Waals surface area contributed by atoms with Crippen LogP contribution in [0.2, 0.25) is 0 Å². The van der Waals surface area contributed by atoms with Gasteiger partial charge in [-0.25, -0.2) is 9.97 Å². The number of aromatic nitrogens is 2. The van der Waals surface area contributed by atoms with E-state index in [-0.39, 0.29) is 11.8 Å². The Bertz CT molecular complexity index is 2220. The number of benzene rings is 6. The molecule has 8 heteroatoms. The van der Waals surface area contributed by atoms with Crippen LogP contribution in [0.4, 0.5) is 0 Å². The fourth-order valence-corrected chi connectivity index (χ4v) is 5.87. The highest BCUT2D eigenvalue weighted by Gasteiger charge is 2.22. The summed E-state index contributed by atoms with van der Waals surface area (Å²) in [7, 11) is 0. The number of hydrogen-bond acceptors (Lipinski definition) is 8. The third-order valence-electron chi connectivity index (χ3n) is 8.61. The Morgan fingerprint density at radius 2 is 0.685 bits per heavy atom. The van der Waals surface area contributed by atoms with Crippen molar-refractivity contribution in [3.8, 4) is 57.4 Å². The standard InChI is InChI=1S/C46H36N2O6/c1-5-15-33(16-6-1)29-49-39-25-13-23-37(43(39)51-31-35-19-9-3-10-20-35)41-27-47-45(53-41)46-48-28-42(54-46)38-24-14-26-40(50-30-34-17-7-2-8-18-34)44(38)52-32-36-21-11-4-12-22-36/h1-28H,29-32H2. The molecule has 0 amide bonds. The van der Waals surface area contributed by atoms with Gasteiger partial charge in [-0.2, -0.15) is 0 Å². The molecule has 0 fully saturated rings. The molecule has 0 spiro atoms. The third kappa shape index (κ3) is 8.19. The first-order chi connectivity index (χ1) is 26.8. The van der Waals surface area contributed by atoms with E-state index in [2.05, 4.69) is 9.97 Å². The SMILES string of the molecule is c1ccc(COc2cccc(-c3cnc(-c4ncc(-c5cccc(OCc6ccccc6)c5OCc5ccccc5)o4)o3)c2OCc2ccccc2)cc1. The highest BCUT2D eigenvalue weighted by molar-refractivity contribution is 5.72. The van der Waals surface area contributed by atoms with Gasteiger partial charge in [0.05, 0.1) is 23.5 Å². The van der Waals surface area contributed by atoms with Crippen LogP contribution >= 0.6 is 0 Å². The summed E-state index contributed by atoms with van der Waals surface area (Å²) in [5.41, 5.74) is 5.49. The Morgan fingerprint density at radius 3 is 1.04 bits per heavy atom. The maximum absolute atomic E-state index is 6.42. The number of oxazole rings is 2. The van der Waals surface area contributed by atoms with Gasteiger partial charge in [0, 0.05) is 0 Å². The van der Waals surface area contributed by atoms with Crippen molar-refractivity contribution in [1.82, 2.24) is 9.97 Å². The Balaban J connectivity index is 1.08. The Labute approximate surface area is 313 Å². The number of hydrogen-bond donors (Lipinski definition) is 0. The van der Waals surface area contributed by atoms with Crippen molar-refractivity contribution < 1.29 is 27.8 Å². The van der Waals surface area contributed by atoms with Crippen LogP contribution in [0.3, 0.4) is 0 Å². The highest BCUT2D eigenvalue weighted by atomic mass is 16.5. The van der Waals surface area contributed by atoms with Crippen LogP contribution in [0, 0.1) is 0 Å². The fourth-order valence-electron chi connectivity index (χ4n) is 5.87. The van der Waals surface area contributed by atoms with Crippen molar-refractivity contribution in [2.24, 2.45) is 0 Å². The lowest BCUT2D eigenvalue weighted by atomic mass is 10.1. The summed E-state index contributed by atoms with van der Waals surface area (Å²) in [6.45, 7) is 1.43. The predicted molar refractivity (Wildman–Crippen MR) is 206 cm³/mol. The van der Waals surface area contributed by atoms with E-state index in [1.807, 2.05) is 158 Å². The molecule has 0 saturated heterocycles. The van der Waals surface area contributed by atoms with Gasteiger partial charge in [-0.3, -0.25) is 0 Å². The van der Waals surface area contributed by atoms with Gasteiger partial charge < -0.3 is 27.8 Å². The molecule has 8 aromatic rings. The van der Waals surface area contributed by atoms with Crippen molar-refractivity contribution in [2.75, 3.05) is 0 Å². The zero-order chi connectivity index (χ0) is 36.4. The van der Waals surface area contributed by atoms with E-state index in [0.29, 0.717) is 72.1 Å². The lowest BCUT2D eigenvalue weighted by Crippen LogP contribution is -2.02. The number of nitrogens with zero attached hydrogens (tertiary/aromatic N) is 2. The summed E-state index contributed by atoms with van der Waals surface area (Å²) in [4.78, 5) is 9.11. The molecule has 0 saturated carbocycles. The molecule has 0 bridgehead atoms. The van der Waals surface area contributed by atoms with Crippen molar-refractivity contribution in [3.05, 3.63) is 192 Å². The molecule has 0 aliphatic carbocycles. The van der Waals surface area contributed by atoms with Gasteiger partial charge in [-0.1, -0.05) is 133 Å². The van der Waals surface area contributed by atoms with Crippen LogP contribution in [0.25, 0.3) is 34.4 Å². The highest BCUT2D eigenvalue weighted by Crippen LogP contribution is 2.42. The molecule has 8 rings (SSSR count). The van der Waals surface area contributed by atoms with Gasteiger partial charge in [0.2, 0.25) is 0 Å². The zero-order valence-electron chi connectivity index (χ0n) is 29.3. The van der Waals surface area contributed by atoms with Gasteiger partial charge in [-0.05, 0) is 46.5 Å². The van der Waals surface area contributed by atoms with E-state index in [1.54, 1.807) is 12.4 Å². The van der Waals surface area contributed by atoms with Gasteiger partial charge in [0.25, 0.3) is 11.8 Å². The lowest BCUT2D eigenvalue weighted by Gasteiger charge is -2.16. The largest absolute Gasteiger partial charge is 0.485 e. The summed E-state index contributed by atoms with van der Waals surface area (Å²) >= 11 is 0. The first-order valence-electron chi connectivity index (χ1n) is 17.6. The van der Waals surface area contributed by atoms with Crippen LogP contribution in [0.1, 0.15) is 22.3 Å². The first kappa shape index (κ1) is 34.0. The summed E-state index contributed by atoms with van der Waals surface area (Å²) in [6.07, 6.45) is 3.27. The number of rotatable bonds is 15. The Hall–Kier alpha value is -7.06. The normalized spacial score (nSPS) is 10.9. The van der Waals surface area contributed by atoms with Crippen LogP contribution in [0.5, 0.6) is 23.0 Å². The number of para-hydroxylation sites is 2. The van der Waals surface area contributed by atoms with Crippen molar-refractivity contribution in [2.45, 2.75) is 26.4 Å². The Morgan fingerprint density at radius 1 is 0.352 bits per heavy atom. The molecule has 0 unspecified atom stereocenters. The summed E-state index contributed by atoms with van der Waals surface area (Å²) in [5.74, 6) is 3.62. The van der Waals surface area contributed by atoms with Crippen LogP contribution in [-0.2, 0) is 26.4 Å². The second-order valence-electron chi connectivity index (χ2n) is 12.4. The van der Waals surface area contributed by atoms with E-state index in [0.717, 1.165) is 22.3 Å². The second-order valence-corrected chi connectivity index (χ2v) is 12.4. The summed E-state index contributed by atoms with van der Waals surface area (Å²) < 4.78 is 38.0. The van der Waals surface area contributed by atoms with Crippen molar-refractivity contribution in [3.63, 3.8) is 0 Å². The monoisotopic (exact) mass is 712 g/mol. The van der Waals surface area contributed by atoms with Crippen LogP contribution < -0.4 is 18.9 Å². The lowest BCUT2D eigenvalue weighted by molar-refractivity contribution is 0.256. The van der Waals surface area contributed by atoms with E-state index in [1.165, 1.54) is 0 Å².